The van der Waals surface area contributed by atoms with Crippen LogP contribution in [0, 0.1) is 5.92 Å². The minimum absolute atomic E-state index is 0.324. The highest BCUT2D eigenvalue weighted by Crippen LogP contribution is 2.19. The lowest BCUT2D eigenvalue weighted by Crippen LogP contribution is -2.28. The molecule has 0 saturated carbocycles. The van der Waals surface area contributed by atoms with Gasteiger partial charge in [-0.3, -0.25) is 4.90 Å². The summed E-state index contributed by atoms with van der Waals surface area (Å²) in [5.74, 6) is 1.52. The number of hydrogen-bond donors (Lipinski definition) is 1. The van der Waals surface area contributed by atoms with E-state index in [4.69, 9.17) is 10.5 Å². The number of nitrogens with two attached hydrogens (primary N) is 1. The lowest BCUT2D eigenvalue weighted by Gasteiger charge is -2.11. The maximum absolute atomic E-state index is 6.01. The van der Waals surface area contributed by atoms with Crippen LogP contribution in [0.25, 0.3) is 6.08 Å². The molecule has 1 aliphatic rings. The van der Waals surface area contributed by atoms with E-state index in [0.29, 0.717) is 12.0 Å². The smallest absolute Gasteiger partial charge is 0.126 e. The second-order valence-electron chi connectivity index (χ2n) is 5.00. The Bertz CT molecular complexity index is 407. The van der Waals surface area contributed by atoms with Crippen molar-refractivity contribution in [3.8, 4) is 5.75 Å². The predicted octanol–water partition coefficient (Wildman–Crippen LogP) is 1.99. The van der Waals surface area contributed by atoms with E-state index in [2.05, 4.69) is 30.0 Å². The zero-order valence-corrected chi connectivity index (χ0v) is 11.2. The molecule has 2 rings (SSSR count). The number of hydrogen-bond acceptors (Lipinski definition) is 3. The molecule has 3 heteroatoms. The Kier molecular flexibility index (Phi) is 4.39. The van der Waals surface area contributed by atoms with Crippen molar-refractivity contribution in [2.24, 2.45) is 11.7 Å². The molecule has 98 valence electrons. The second kappa shape index (κ2) is 6.03. The van der Waals surface area contributed by atoms with Gasteiger partial charge in [-0.2, -0.15) is 0 Å². The van der Waals surface area contributed by atoms with E-state index in [0.717, 1.165) is 30.9 Å². The average Bonchev–Trinajstić information content (AvgIpc) is 2.69. The highest BCUT2D eigenvalue weighted by Gasteiger charge is 2.25. The number of ether oxygens (including phenoxy) is 1. The normalized spacial score (nSPS) is 24.8. The number of benzene rings is 1. The minimum atomic E-state index is 0.324. The van der Waals surface area contributed by atoms with Crippen molar-refractivity contribution < 1.29 is 4.74 Å². The van der Waals surface area contributed by atoms with E-state index < -0.39 is 0 Å². The van der Waals surface area contributed by atoms with Gasteiger partial charge < -0.3 is 10.5 Å². The number of methoxy groups -OCH3 is 1. The number of likely N-dealkylation sites (tertiary alicyclic amines) is 1. The summed E-state index contributed by atoms with van der Waals surface area (Å²) in [7, 11) is 1.70. The van der Waals surface area contributed by atoms with Crippen LogP contribution in [0.4, 0.5) is 0 Å². The van der Waals surface area contributed by atoms with Crippen LogP contribution in [0.5, 0.6) is 5.75 Å². The van der Waals surface area contributed by atoms with Crippen molar-refractivity contribution in [1.82, 2.24) is 4.90 Å². The van der Waals surface area contributed by atoms with Crippen molar-refractivity contribution in [2.45, 2.75) is 13.0 Å². The summed E-state index contributed by atoms with van der Waals surface area (Å²) in [6.45, 7) is 5.26. The standard InChI is InChI=1S/C15H22N2O/c1-12-10-17(11-14(12)16)9-5-7-13-6-3-4-8-15(13)18-2/h3-8,12,14H,9-11,16H2,1-2H3/b7-5+. The van der Waals surface area contributed by atoms with Crippen molar-refractivity contribution in [3.63, 3.8) is 0 Å². The van der Waals surface area contributed by atoms with Crippen LogP contribution in [-0.2, 0) is 0 Å². The number of rotatable bonds is 4. The van der Waals surface area contributed by atoms with Crippen molar-refractivity contribution in [3.05, 3.63) is 35.9 Å². The Morgan fingerprint density at radius 3 is 2.83 bits per heavy atom. The fraction of sp³-hybridized carbons (Fsp3) is 0.467. The quantitative estimate of drug-likeness (QED) is 0.883. The zero-order chi connectivity index (χ0) is 13.0. The van der Waals surface area contributed by atoms with Crippen LogP contribution in [-0.4, -0.2) is 37.7 Å². The van der Waals surface area contributed by atoms with Crippen molar-refractivity contribution in [2.75, 3.05) is 26.7 Å². The minimum Gasteiger partial charge on any atom is -0.496 e. The van der Waals surface area contributed by atoms with E-state index in [1.54, 1.807) is 7.11 Å². The molecule has 1 fully saturated rings. The maximum Gasteiger partial charge on any atom is 0.126 e. The van der Waals surface area contributed by atoms with Gasteiger partial charge in [0.1, 0.15) is 5.75 Å². The lowest BCUT2D eigenvalue weighted by molar-refractivity contribution is 0.363. The SMILES string of the molecule is COc1ccccc1/C=C/CN1CC(C)C(N)C1. The molecular formula is C15H22N2O. The molecule has 0 bridgehead atoms. The Labute approximate surface area is 109 Å². The van der Waals surface area contributed by atoms with Crippen LogP contribution in [0.3, 0.4) is 0 Å². The fourth-order valence-electron chi connectivity index (χ4n) is 2.38. The van der Waals surface area contributed by atoms with Crippen molar-refractivity contribution >= 4 is 6.08 Å². The molecule has 1 heterocycles. The first kappa shape index (κ1) is 13.1. The summed E-state index contributed by atoms with van der Waals surface area (Å²) >= 11 is 0. The van der Waals surface area contributed by atoms with Gasteiger partial charge in [0.2, 0.25) is 0 Å². The molecule has 0 spiro atoms. The highest BCUT2D eigenvalue weighted by molar-refractivity contribution is 5.57. The molecule has 1 aliphatic heterocycles. The van der Waals surface area contributed by atoms with Gasteiger partial charge in [0.25, 0.3) is 0 Å². The Morgan fingerprint density at radius 1 is 1.39 bits per heavy atom. The summed E-state index contributed by atoms with van der Waals surface area (Å²) in [5.41, 5.74) is 7.13. The van der Waals surface area contributed by atoms with Gasteiger partial charge in [-0.25, -0.2) is 0 Å². The first-order valence-electron chi connectivity index (χ1n) is 6.48. The third kappa shape index (κ3) is 3.12. The summed E-state index contributed by atoms with van der Waals surface area (Å²) in [4.78, 5) is 2.39. The summed E-state index contributed by atoms with van der Waals surface area (Å²) < 4.78 is 5.32. The molecule has 0 aromatic heterocycles. The first-order chi connectivity index (χ1) is 8.70. The number of nitrogens with zero attached hydrogens (tertiary/aromatic N) is 1. The van der Waals surface area contributed by atoms with Crippen LogP contribution >= 0.6 is 0 Å². The molecule has 2 unspecified atom stereocenters. The molecule has 0 aliphatic carbocycles. The summed E-state index contributed by atoms with van der Waals surface area (Å²) in [6, 6.07) is 8.37. The Morgan fingerprint density at radius 2 is 2.17 bits per heavy atom. The van der Waals surface area contributed by atoms with Gasteiger partial charge >= 0.3 is 0 Å². The summed E-state index contributed by atoms with van der Waals surface area (Å²) in [5, 5.41) is 0. The second-order valence-corrected chi connectivity index (χ2v) is 5.00. The molecule has 0 radical (unpaired) electrons. The van der Waals surface area contributed by atoms with Crippen molar-refractivity contribution in [1.29, 1.82) is 0 Å². The fourth-order valence-corrected chi connectivity index (χ4v) is 2.38. The molecule has 1 saturated heterocycles. The van der Waals surface area contributed by atoms with Crippen LogP contribution in [0.1, 0.15) is 12.5 Å². The van der Waals surface area contributed by atoms with E-state index in [1.807, 2.05) is 18.2 Å². The third-order valence-electron chi connectivity index (χ3n) is 3.55. The van der Waals surface area contributed by atoms with Gasteiger partial charge in [-0.05, 0) is 12.0 Å². The lowest BCUT2D eigenvalue weighted by atomic mass is 10.1. The van der Waals surface area contributed by atoms with Gasteiger partial charge in [0, 0.05) is 31.2 Å². The topological polar surface area (TPSA) is 38.5 Å². The molecular weight excluding hydrogens is 224 g/mol. The van der Waals surface area contributed by atoms with Gasteiger partial charge in [0.15, 0.2) is 0 Å². The van der Waals surface area contributed by atoms with Gasteiger partial charge in [-0.1, -0.05) is 37.3 Å². The predicted molar refractivity (Wildman–Crippen MR) is 75.6 cm³/mol. The van der Waals surface area contributed by atoms with Crippen LogP contribution < -0.4 is 10.5 Å². The molecule has 3 nitrogen and oxygen atoms in total. The molecule has 0 amide bonds. The number of para-hydroxylation sites is 1. The van der Waals surface area contributed by atoms with Crippen LogP contribution in [0.15, 0.2) is 30.3 Å². The molecule has 18 heavy (non-hydrogen) atoms. The highest BCUT2D eigenvalue weighted by atomic mass is 16.5. The Hall–Kier alpha value is -1.32. The van der Waals surface area contributed by atoms with E-state index in [-0.39, 0.29) is 0 Å². The van der Waals surface area contributed by atoms with Gasteiger partial charge in [-0.15, -0.1) is 0 Å². The first-order valence-corrected chi connectivity index (χ1v) is 6.48. The average molecular weight is 246 g/mol. The third-order valence-corrected chi connectivity index (χ3v) is 3.55. The van der Waals surface area contributed by atoms with E-state index in [9.17, 15) is 0 Å². The molecule has 1 aromatic carbocycles. The van der Waals surface area contributed by atoms with Crippen LogP contribution in [0.2, 0.25) is 0 Å². The maximum atomic E-state index is 6.01. The van der Waals surface area contributed by atoms with E-state index >= 15 is 0 Å². The molecule has 1 aromatic rings. The Balaban J connectivity index is 1.92. The molecule has 2 N–H and O–H groups in total. The largest absolute Gasteiger partial charge is 0.496 e. The van der Waals surface area contributed by atoms with Gasteiger partial charge in [0.05, 0.1) is 7.11 Å². The monoisotopic (exact) mass is 246 g/mol. The van der Waals surface area contributed by atoms with E-state index in [1.165, 1.54) is 0 Å². The summed E-state index contributed by atoms with van der Waals surface area (Å²) in [6.07, 6.45) is 4.30. The molecule has 2 atom stereocenters. The zero-order valence-electron chi connectivity index (χ0n) is 11.2.